The van der Waals surface area contributed by atoms with Gasteiger partial charge in [0.25, 0.3) is 5.91 Å². The zero-order valence-corrected chi connectivity index (χ0v) is 16.0. The molecule has 0 atom stereocenters. The van der Waals surface area contributed by atoms with Gasteiger partial charge in [-0.25, -0.2) is 0 Å². The Bertz CT molecular complexity index is 883. The fourth-order valence-electron chi connectivity index (χ4n) is 2.62. The molecule has 0 unspecified atom stereocenters. The number of likely N-dealkylation sites (N-methyl/N-ethyl adjacent to an activating group) is 1. The summed E-state index contributed by atoms with van der Waals surface area (Å²) in [6, 6.07) is 15.1. The first-order chi connectivity index (χ1) is 13.7. The van der Waals surface area contributed by atoms with E-state index >= 15 is 0 Å². The molecule has 2 aromatic heterocycles. The Balaban J connectivity index is 1.51. The number of amides is 1. The Morgan fingerprint density at radius 3 is 2.39 bits per heavy atom. The van der Waals surface area contributed by atoms with E-state index in [2.05, 4.69) is 20.5 Å². The number of carbonyl (C=O) groups is 1. The van der Waals surface area contributed by atoms with Gasteiger partial charge in [-0.2, -0.15) is 0 Å². The largest absolute Gasteiger partial charge is 0.497 e. The van der Waals surface area contributed by atoms with E-state index in [9.17, 15) is 4.79 Å². The second kappa shape index (κ2) is 9.45. The minimum Gasteiger partial charge on any atom is -0.497 e. The Morgan fingerprint density at radius 2 is 1.75 bits per heavy atom. The molecule has 0 saturated carbocycles. The van der Waals surface area contributed by atoms with Crippen LogP contribution < -0.4 is 10.1 Å². The van der Waals surface area contributed by atoms with Crippen LogP contribution in [0.15, 0.2) is 60.9 Å². The Kier molecular flexibility index (Phi) is 6.51. The maximum Gasteiger partial charge on any atom is 0.274 e. The number of methoxy groups -OCH3 is 1. The molecule has 3 rings (SSSR count). The standard InChI is InChI=1S/C21H23N5O2/c1-26(14-11-16-9-12-22-13-10-16)21(27)19-7-8-20(25-24-19)23-15-17-3-5-18(28-2)6-4-17/h3-10,12-13H,11,14-15H2,1-2H3,(H,23,25). The Morgan fingerprint density at radius 1 is 1.00 bits per heavy atom. The summed E-state index contributed by atoms with van der Waals surface area (Å²) in [5, 5.41) is 11.4. The third kappa shape index (κ3) is 5.26. The molecule has 0 fully saturated rings. The molecule has 7 heteroatoms. The molecule has 7 nitrogen and oxygen atoms in total. The number of anilines is 1. The van der Waals surface area contributed by atoms with Crippen molar-refractivity contribution in [1.29, 1.82) is 0 Å². The predicted octanol–water partition coefficient (Wildman–Crippen LogP) is 2.81. The molecule has 1 aromatic carbocycles. The van der Waals surface area contributed by atoms with Gasteiger partial charge in [-0.1, -0.05) is 12.1 Å². The third-order valence-corrected chi connectivity index (χ3v) is 4.35. The van der Waals surface area contributed by atoms with Crippen molar-refractivity contribution in [3.05, 3.63) is 77.7 Å². The molecule has 0 aliphatic carbocycles. The molecule has 1 N–H and O–H groups in total. The van der Waals surface area contributed by atoms with E-state index in [0.717, 1.165) is 23.3 Å². The fraction of sp³-hybridized carbons (Fsp3) is 0.238. The van der Waals surface area contributed by atoms with Crippen LogP contribution >= 0.6 is 0 Å². The number of benzene rings is 1. The van der Waals surface area contributed by atoms with Crippen molar-refractivity contribution in [2.45, 2.75) is 13.0 Å². The second-order valence-corrected chi connectivity index (χ2v) is 6.34. The normalized spacial score (nSPS) is 10.4. The smallest absolute Gasteiger partial charge is 0.274 e. The predicted molar refractivity (Wildman–Crippen MR) is 107 cm³/mol. The molecule has 0 spiro atoms. The van der Waals surface area contributed by atoms with Crippen molar-refractivity contribution in [2.24, 2.45) is 0 Å². The van der Waals surface area contributed by atoms with E-state index in [1.54, 1.807) is 43.6 Å². The van der Waals surface area contributed by atoms with Gasteiger partial charge in [0, 0.05) is 32.5 Å². The molecule has 1 amide bonds. The summed E-state index contributed by atoms with van der Waals surface area (Å²) in [6.45, 7) is 1.21. The average Bonchev–Trinajstić information content (AvgIpc) is 2.77. The summed E-state index contributed by atoms with van der Waals surface area (Å²) in [4.78, 5) is 18.1. The minimum absolute atomic E-state index is 0.150. The summed E-state index contributed by atoms with van der Waals surface area (Å²) < 4.78 is 5.15. The van der Waals surface area contributed by atoms with E-state index < -0.39 is 0 Å². The maximum atomic E-state index is 12.5. The van der Waals surface area contributed by atoms with Gasteiger partial charge in [0.1, 0.15) is 11.6 Å². The van der Waals surface area contributed by atoms with E-state index in [-0.39, 0.29) is 5.91 Å². The highest BCUT2D eigenvalue weighted by Gasteiger charge is 2.13. The molecule has 144 valence electrons. The van der Waals surface area contributed by atoms with Gasteiger partial charge >= 0.3 is 0 Å². The number of nitrogens with one attached hydrogen (secondary N) is 1. The van der Waals surface area contributed by atoms with Crippen molar-refractivity contribution in [2.75, 3.05) is 26.0 Å². The molecule has 2 heterocycles. The summed E-state index contributed by atoms with van der Waals surface area (Å²) in [5.41, 5.74) is 2.56. The van der Waals surface area contributed by atoms with Crippen molar-refractivity contribution in [1.82, 2.24) is 20.1 Å². The first-order valence-corrected chi connectivity index (χ1v) is 9.00. The quantitative estimate of drug-likeness (QED) is 0.650. The highest BCUT2D eigenvalue weighted by atomic mass is 16.5. The van der Waals surface area contributed by atoms with E-state index in [1.807, 2.05) is 36.4 Å². The minimum atomic E-state index is -0.150. The summed E-state index contributed by atoms with van der Waals surface area (Å²) in [7, 11) is 3.41. The molecular weight excluding hydrogens is 354 g/mol. The summed E-state index contributed by atoms with van der Waals surface area (Å²) in [6.07, 6.45) is 4.26. The third-order valence-electron chi connectivity index (χ3n) is 4.35. The lowest BCUT2D eigenvalue weighted by Gasteiger charge is -2.16. The van der Waals surface area contributed by atoms with Gasteiger partial charge in [-0.3, -0.25) is 9.78 Å². The fourth-order valence-corrected chi connectivity index (χ4v) is 2.62. The van der Waals surface area contributed by atoms with E-state index in [1.165, 1.54) is 0 Å². The molecule has 0 aliphatic heterocycles. The Labute approximate surface area is 164 Å². The van der Waals surface area contributed by atoms with Crippen molar-refractivity contribution < 1.29 is 9.53 Å². The number of aromatic nitrogens is 3. The number of rotatable bonds is 8. The van der Waals surface area contributed by atoms with Gasteiger partial charge < -0.3 is 15.0 Å². The van der Waals surface area contributed by atoms with Crippen LogP contribution in [0.4, 0.5) is 5.82 Å². The second-order valence-electron chi connectivity index (χ2n) is 6.34. The molecular formula is C21H23N5O2. The number of nitrogens with zero attached hydrogens (tertiary/aromatic N) is 4. The van der Waals surface area contributed by atoms with Gasteiger partial charge in [0.05, 0.1) is 7.11 Å². The average molecular weight is 377 g/mol. The lowest BCUT2D eigenvalue weighted by atomic mass is 10.2. The SMILES string of the molecule is COc1ccc(CNc2ccc(C(=O)N(C)CCc3ccncc3)nn2)cc1. The van der Waals surface area contributed by atoms with Crippen molar-refractivity contribution in [3.63, 3.8) is 0 Å². The molecule has 0 saturated heterocycles. The molecule has 0 radical (unpaired) electrons. The number of hydrogen-bond acceptors (Lipinski definition) is 6. The highest BCUT2D eigenvalue weighted by Crippen LogP contribution is 2.13. The van der Waals surface area contributed by atoms with Crippen LogP contribution in [0.3, 0.4) is 0 Å². The summed E-state index contributed by atoms with van der Waals surface area (Å²) in [5.74, 6) is 1.29. The van der Waals surface area contributed by atoms with Gasteiger partial charge in [-0.05, 0) is 53.9 Å². The monoisotopic (exact) mass is 377 g/mol. The number of carbonyl (C=O) groups excluding carboxylic acids is 1. The number of ether oxygens (including phenoxy) is 1. The summed E-state index contributed by atoms with van der Waals surface area (Å²) >= 11 is 0. The molecule has 0 bridgehead atoms. The lowest BCUT2D eigenvalue weighted by molar-refractivity contribution is 0.0789. The Hall–Kier alpha value is -3.48. The van der Waals surface area contributed by atoms with Gasteiger partial charge in [-0.15, -0.1) is 10.2 Å². The topological polar surface area (TPSA) is 80.2 Å². The number of hydrogen-bond donors (Lipinski definition) is 1. The van der Waals surface area contributed by atoms with Crippen LogP contribution in [0.25, 0.3) is 0 Å². The van der Waals surface area contributed by atoms with Crippen LogP contribution in [0.2, 0.25) is 0 Å². The zero-order chi connectivity index (χ0) is 19.8. The molecule has 0 aliphatic rings. The van der Waals surface area contributed by atoms with Crippen LogP contribution in [-0.2, 0) is 13.0 Å². The van der Waals surface area contributed by atoms with Gasteiger partial charge in [0.2, 0.25) is 0 Å². The van der Waals surface area contributed by atoms with Crippen LogP contribution in [-0.4, -0.2) is 46.7 Å². The highest BCUT2D eigenvalue weighted by molar-refractivity contribution is 5.92. The zero-order valence-electron chi connectivity index (χ0n) is 16.0. The maximum absolute atomic E-state index is 12.5. The van der Waals surface area contributed by atoms with Crippen LogP contribution in [0, 0.1) is 0 Å². The molecule has 28 heavy (non-hydrogen) atoms. The molecule has 3 aromatic rings. The van der Waals surface area contributed by atoms with Crippen molar-refractivity contribution in [3.8, 4) is 5.75 Å². The number of pyridine rings is 1. The first-order valence-electron chi connectivity index (χ1n) is 9.00. The van der Waals surface area contributed by atoms with Crippen molar-refractivity contribution >= 4 is 11.7 Å². The van der Waals surface area contributed by atoms with Crippen LogP contribution in [0.1, 0.15) is 21.6 Å². The van der Waals surface area contributed by atoms with E-state index in [0.29, 0.717) is 24.6 Å². The van der Waals surface area contributed by atoms with E-state index in [4.69, 9.17) is 4.74 Å². The van der Waals surface area contributed by atoms with Gasteiger partial charge in [0.15, 0.2) is 5.69 Å². The first kappa shape index (κ1) is 19.3. The lowest BCUT2D eigenvalue weighted by Crippen LogP contribution is -2.29. The van der Waals surface area contributed by atoms with Crippen LogP contribution in [0.5, 0.6) is 5.75 Å².